The predicted molar refractivity (Wildman–Crippen MR) is 155 cm³/mol. The summed E-state index contributed by atoms with van der Waals surface area (Å²) in [5.74, 6) is -1.20. The number of amides is 3. The van der Waals surface area contributed by atoms with E-state index in [1.54, 1.807) is 9.47 Å². The molecular formula is C31H35N5O5. The number of piperidine rings is 1. The summed E-state index contributed by atoms with van der Waals surface area (Å²) in [5.41, 5.74) is 3.05. The molecule has 1 spiro atoms. The highest BCUT2D eigenvalue weighted by Gasteiger charge is 2.61. The van der Waals surface area contributed by atoms with Crippen molar-refractivity contribution in [3.8, 4) is 0 Å². The first-order chi connectivity index (χ1) is 19.8. The summed E-state index contributed by atoms with van der Waals surface area (Å²) in [4.78, 5) is 53.6. The molecule has 0 bridgehead atoms. The van der Waals surface area contributed by atoms with Gasteiger partial charge in [0.25, 0.3) is 12.4 Å². The number of nitrogens with one attached hydrogen (secondary N) is 2. The maximum Gasteiger partial charge on any atom is 0.290 e. The van der Waals surface area contributed by atoms with Crippen molar-refractivity contribution in [3.63, 3.8) is 0 Å². The summed E-state index contributed by atoms with van der Waals surface area (Å²) in [6.45, 7) is 3.73. The molecule has 2 fully saturated rings. The second-order valence-electron chi connectivity index (χ2n) is 10.9. The second kappa shape index (κ2) is 11.5. The van der Waals surface area contributed by atoms with E-state index in [-0.39, 0.29) is 43.3 Å². The number of hydrogen-bond acceptors (Lipinski definition) is 5. The van der Waals surface area contributed by atoms with Gasteiger partial charge in [0.2, 0.25) is 11.8 Å². The number of aromatic nitrogens is 1. The third-order valence-electron chi connectivity index (χ3n) is 8.54. The molecule has 2 unspecified atom stereocenters. The second-order valence-corrected chi connectivity index (χ2v) is 10.9. The highest BCUT2D eigenvalue weighted by atomic mass is 16.3. The summed E-state index contributed by atoms with van der Waals surface area (Å²) in [6, 6.07) is 19.8. The molecule has 10 heteroatoms. The molecule has 3 aliphatic heterocycles. The Morgan fingerprint density at radius 2 is 1.71 bits per heavy atom. The van der Waals surface area contributed by atoms with Crippen LogP contribution in [0.3, 0.4) is 0 Å². The zero-order chi connectivity index (χ0) is 29.1. The first kappa shape index (κ1) is 27.9. The first-order valence-electron chi connectivity index (χ1n) is 13.8. The van der Waals surface area contributed by atoms with Gasteiger partial charge in [0, 0.05) is 56.8 Å². The van der Waals surface area contributed by atoms with Crippen LogP contribution in [0.2, 0.25) is 0 Å². The van der Waals surface area contributed by atoms with E-state index in [0.29, 0.717) is 5.69 Å². The van der Waals surface area contributed by atoms with Gasteiger partial charge in [0.15, 0.2) is 0 Å². The van der Waals surface area contributed by atoms with Crippen LogP contribution >= 0.6 is 0 Å². The standard InChI is InChI=1S/C30H33N5O3.CH2O2/c1-20-12-15-33(2)26(20)28(37)35-18-24(30(19-35)23-10-6-7-11-25(23)32-29(30)38)27(36)31-21-13-16-34(17-14-21)22-8-4-3-5-9-22;2-1-3/h3-12,15,21,24H,13-14,16-19H2,1-2H3,(H,31,36)(H,32,38);1H,(H,2,3). The van der Waals surface area contributed by atoms with Gasteiger partial charge in [-0.2, -0.15) is 0 Å². The number of para-hydroxylation sites is 2. The zero-order valence-corrected chi connectivity index (χ0v) is 23.2. The van der Waals surface area contributed by atoms with Crippen molar-refractivity contribution in [1.29, 1.82) is 0 Å². The molecule has 3 N–H and O–H groups in total. The SMILES string of the molecule is Cc1ccn(C)c1C(=O)N1CC(C(=O)NC2CCN(c3ccccc3)CC2)C2(C1)C(=O)Nc1ccccc12.O=CO. The van der Waals surface area contributed by atoms with Gasteiger partial charge in [-0.1, -0.05) is 36.4 Å². The third kappa shape index (κ3) is 5.05. The van der Waals surface area contributed by atoms with Crippen LogP contribution in [0.25, 0.3) is 0 Å². The van der Waals surface area contributed by atoms with E-state index in [1.165, 1.54) is 5.69 Å². The molecule has 0 saturated carbocycles. The average molecular weight is 558 g/mol. The Morgan fingerprint density at radius 3 is 2.37 bits per heavy atom. The lowest BCUT2D eigenvalue weighted by Gasteiger charge is -2.35. The van der Waals surface area contributed by atoms with Crippen LogP contribution in [0.1, 0.15) is 34.5 Å². The fourth-order valence-electron chi connectivity index (χ4n) is 6.50. The van der Waals surface area contributed by atoms with Crippen molar-refractivity contribution in [1.82, 2.24) is 14.8 Å². The Kier molecular flexibility index (Phi) is 7.83. The molecule has 41 heavy (non-hydrogen) atoms. The van der Waals surface area contributed by atoms with Crippen molar-refractivity contribution in [2.45, 2.75) is 31.2 Å². The van der Waals surface area contributed by atoms with Gasteiger partial charge in [-0.15, -0.1) is 0 Å². The third-order valence-corrected chi connectivity index (χ3v) is 8.54. The number of rotatable bonds is 4. The van der Waals surface area contributed by atoms with Crippen LogP contribution in [-0.2, 0) is 26.8 Å². The molecule has 2 saturated heterocycles. The minimum absolute atomic E-state index is 0.0269. The maximum absolute atomic E-state index is 13.9. The fourth-order valence-corrected chi connectivity index (χ4v) is 6.50. The molecule has 0 aliphatic carbocycles. The minimum atomic E-state index is -1.11. The van der Waals surface area contributed by atoms with E-state index in [9.17, 15) is 14.4 Å². The fraction of sp³-hybridized carbons (Fsp3) is 0.355. The quantitative estimate of drug-likeness (QED) is 0.424. The monoisotopic (exact) mass is 557 g/mol. The van der Waals surface area contributed by atoms with Gasteiger partial charge in [-0.25, -0.2) is 0 Å². The number of aryl methyl sites for hydroxylation is 2. The van der Waals surface area contributed by atoms with Gasteiger partial charge < -0.3 is 30.1 Å². The molecule has 3 amide bonds. The molecule has 2 atom stereocenters. The van der Waals surface area contributed by atoms with Crippen LogP contribution in [0.4, 0.5) is 11.4 Å². The minimum Gasteiger partial charge on any atom is -0.483 e. The lowest BCUT2D eigenvalue weighted by Crippen LogP contribution is -2.52. The van der Waals surface area contributed by atoms with E-state index in [0.717, 1.165) is 42.7 Å². The van der Waals surface area contributed by atoms with Gasteiger partial charge in [-0.3, -0.25) is 19.2 Å². The lowest BCUT2D eigenvalue weighted by atomic mass is 9.72. The Bertz CT molecular complexity index is 1430. The summed E-state index contributed by atoms with van der Waals surface area (Å²) in [7, 11) is 1.84. The van der Waals surface area contributed by atoms with Gasteiger partial charge in [0.05, 0.1) is 5.92 Å². The molecule has 4 heterocycles. The normalized spacial score (nSPS) is 21.6. The molecule has 1 aromatic heterocycles. The number of carbonyl (C=O) groups is 4. The zero-order valence-electron chi connectivity index (χ0n) is 23.2. The predicted octanol–water partition coefficient (Wildman–Crippen LogP) is 2.78. The topological polar surface area (TPSA) is 124 Å². The van der Waals surface area contributed by atoms with Crippen molar-refractivity contribution in [3.05, 3.63) is 83.7 Å². The molecule has 214 valence electrons. The number of fused-ring (bicyclic) bond motifs is 2. The van der Waals surface area contributed by atoms with Gasteiger partial charge in [-0.05, 0) is 55.2 Å². The molecule has 6 rings (SSSR count). The lowest BCUT2D eigenvalue weighted by molar-refractivity contribution is -0.132. The summed E-state index contributed by atoms with van der Waals surface area (Å²) in [6.07, 6.45) is 3.51. The smallest absolute Gasteiger partial charge is 0.290 e. The van der Waals surface area contributed by atoms with Crippen LogP contribution in [-0.4, -0.2) is 71.0 Å². The molecule has 0 radical (unpaired) electrons. The van der Waals surface area contributed by atoms with E-state index in [1.807, 2.05) is 68.7 Å². The van der Waals surface area contributed by atoms with E-state index in [4.69, 9.17) is 9.90 Å². The number of likely N-dealkylation sites (tertiary alicyclic amines) is 1. The Hall–Kier alpha value is -4.60. The van der Waals surface area contributed by atoms with Crippen molar-refractivity contribution in [2.24, 2.45) is 13.0 Å². The average Bonchev–Trinajstić information content (AvgIpc) is 3.63. The molecule has 3 aliphatic rings. The number of benzene rings is 2. The number of anilines is 2. The number of nitrogens with zero attached hydrogens (tertiary/aromatic N) is 3. The summed E-state index contributed by atoms with van der Waals surface area (Å²) >= 11 is 0. The van der Waals surface area contributed by atoms with Crippen LogP contribution in [0.15, 0.2) is 66.9 Å². The first-order valence-corrected chi connectivity index (χ1v) is 13.8. The Labute approximate surface area is 238 Å². The van der Waals surface area contributed by atoms with Crippen LogP contribution in [0.5, 0.6) is 0 Å². The van der Waals surface area contributed by atoms with Crippen molar-refractivity contribution >= 4 is 35.6 Å². The largest absolute Gasteiger partial charge is 0.483 e. The Balaban J connectivity index is 0.00000108. The van der Waals surface area contributed by atoms with Crippen LogP contribution in [0, 0.1) is 12.8 Å². The molecule has 10 nitrogen and oxygen atoms in total. The molecule has 2 aromatic carbocycles. The van der Waals surface area contributed by atoms with Crippen molar-refractivity contribution in [2.75, 3.05) is 36.4 Å². The van der Waals surface area contributed by atoms with Crippen molar-refractivity contribution < 1.29 is 24.3 Å². The van der Waals surface area contributed by atoms with E-state index in [2.05, 4.69) is 27.7 Å². The molecular weight excluding hydrogens is 522 g/mol. The molecule has 3 aromatic rings. The maximum atomic E-state index is 13.9. The number of carbonyl (C=O) groups excluding carboxylic acids is 3. The number of hydrogen-bond donors (Lipinski definition) is 3. The number of carboxylic acid groups (broad SMARTS) is 1. The van der Waals surface area contributed by atoms with E-state index >= 15 is 0 Å². The van der Waals surface area contributed by atoms with E-state index < -0.39 is 11.3 Å². The van der Waals surface area contributed by atoms with Gasteiger partial charge in [0.1, 0.15) is 11.1 Å². The van der Waals surface area contributed by atoms with Gasteiger partial charge >= 0.3 is 0 Å². The highest BCUT2D eigenvalue weighted by molar-refractivity contribution is 6.10. The Morgan fingerprint density at radius 1 is 1.05 bits per heavy atom. The van der Waals surface area contributed by atoms with Crippen LogP contribution < -0.4 is 15.5 Å². The summed E-state index contributed by atoms with van der Waals surface area (Å²) in [5, 5.41) is 13.1. The highest BCUT2D eigenvalue weighted by Crippen LogP contribution is 2.48. The summed E-state index contributed by atoms with van der Waals surface area (Å²) < 4.78 is 1.81.